The van der Waals surface area contributed by atoms with E-state index < -0.39 is 0 Å². The summed E-state index contributed by atoms with van der Waals surface area (Å²) in [7, 11) is 1.69. The molecule has 2 aromatic heterocycles. The summed E-state index contributed by atoms with van der Waals surface area (Å²) in [4.78, 5) is 30.6. The van der Waals surface area contributed by atoms with E-state index in [0.717, 1.165) is 23.5 Å². The molecule has 0 aliphatic carbocycles. The maximum Gasteiger partial charge on any atom is 0.264 e. The highest BCUT2D eigenvalue weighted by atomic mass is 16.5. The third kappa shape index (κ3) is 2.91. The van der Waals surface area contributed by atoms with E-state index in [4.69, 9.17) is 4.74 Å². The predicted octanol–water partition coefficient (Wildman–Crippen LogP) is 2.81. The van der Waals surface area contributed by atoms with Crippen molar-refractivity contribution in [1.82, 2.24) is 9.38 Å². The van der Waals surface area contributed by atoms with E-state index in [0.29, 0.717) is 22.7 Å². The van der Waals surface area contributed by atoms with Crippen LogP contribution in [0.3, 0.4) is 0 Å². The molecule has 0 fully saturated rings. The Balaban J connectivity index is 1.62. The zero-order valence-electron chi connectivity index (χ0n) is 15.4. The van der Waals surface area contributed by atoms with Gasteiger partial charge in [0.25, 0.3) is 11.8 Å². The van der Waals surface area contributed by atoms with E-state index in [9.17, 15) is 9.59 Å². The number of anilines is 2. The molecular formula is C20H20N4O3. The first-order valence-electron chi connectivity index (χ1n) is 8.80. The lowest BCUT2D eigenvalue weighted by Gasteiger charge is -2.26. The monoisotopic (exact) mass is 364 g/mol. The van der Waals surface area contributed by atoms with Crippen LogP contribution < -0.4 is 15.0 Å². The number of amides is 2. The predicted molar refractivity (Wildman–Crippen MR) is 103 cm³/mol. The van der Waals surface area contributed by atoms with Gasteiger partial charge in [-0.1, -0.05) is 6.92 Å². The molecule has 1 aliphatic rings. The van der Waals surface area contributed by atoms with Crippen LogP contribution in [0.2, 0.25) is 0 Å². The normalized spacial score (nSPS) is 13.4. The lowest BCUT2D eigenvalue weighted by molar-refractivity contribution is -0.120. The molecule has 3 heterocycles. The van der Waals surface area contributed by atoms with Crippen molar-refractivity contribution in [2.24, 2.45) is 0 Å². The average molecular weight is 364 g/mol. The van der Waals surface area contributed by atoms with Crippen LogP contribution in [0.4, 0.5) is 11.4 Å². The van der Waals surface area contributed by atoms with Crippen molar-refractivity contribution in [2.45, 2.75) is 20.3 Å². The Labute approximate surface area is 156 Å². The second-order valence-corrected chi connectivity index (χ2v) is 6.52. The van der Waals surface area contributed by atoms with Crippen LogP contribution in [-0.4, -0.2) is 34.9 Å². The summed E-state index contributed by atoms with van der Waals surface area (Å²) in [6.07, 6.45) is 2.64. The molecule has 0 saturated carbocycles. The number of nitrogens with one attached hydrogen (secondary N) is 1. The number of likely N-dealkylation sites (N-methyl/N-ethyl adjacent to an activating group) is 1. The molecule has 1 N–H and O–H groups in total. The van der Waals surface area contributed by atoms with Gasteiger partial charge in [0, 0.05) is 24.6 Å². The number of carbonyl (C=O) groups excluding carboxylic acids is 2. The van der Waals surface area contributed by atoms with Gasteiger partial charge in [-0.25, -0.2) is 4.98 Å². The summed E-state index contributed by atoms with van der Waals surface area (Å²) >= 11 is 0. The lowest BCUT2D eigenvalue weighted by Crippen LogP contribution is -2.35. The minimum atomic E-state index is -0.228. The number of hydrogen-bond donors (Lipinski definition) is 1. The smallest absolute Gasteiger partial charge is 0.264 e. The molecule has 4 rings (SSSR count). The van der Waals surface area contributed by atoms with E-state index in [1.807, 2.05) is 17.4 Å². The molecule has 1 aromatic carbocycles. The summed E-state index contributed by atoms with van der Waals surface area (Å²) < 4.78 is 7.34. The Morgan fingerprint density at radius 1 is 1.30 bits per heavy atom. The first-order valence-corrected chi connectivity index (χ1v) is 8.80. The summed E-state index contributed by atoms with van der Waals surface area (Å²) in [5.41, 5.74) is 4.65. The van der Waals surface area contributed by atoms with Gasteiger partial charge < -0.3 is 19.4 Å². The number of benzene rings is 1. The topological polar surface area (TPSA) is 75.9 Å². The fraction of sp³-hybridized carbons (Fsp3) is 0.250. The van der Waals surface area contributed by atoms with Crippen LogP contribution in [0, 0.1) is 6.92 Å². The van der Waals surface area contributed by atoms with Crippen LogP contribution in [0.5, 0.6) is 5.75 Å². The second-order valence-electron chi connectivity index (χ2n) is 6.52. The van der Waals surface area contributed by atoms with Crippen molar-refractivity contribution < 1.29 is 14.3 Å². The molecule has 27 heavy (non-hydrogen) atoms. The Bertz CT molecular complexity index is 1070. The molecule has 7 heteroatoms. The van der Waals surface area contributed by atoms with E-state index in [1.54, 1.807) is 37.5 Å². The van der Waals surface area contributed by atoms with E-state index in [-0.39, 0.29) is 18.4 Å². The number of nitrogens with zero attached hydrogens (tertiary/aromatic N) is 3. The molecule has 1 aliphatic heterocycles. The van der Waals surface area contributed by atoms with E-state index in [2.05, 4.69) is 17.2 Å². The van der Waals surface area contributed by atoms with Gasteiger partial charge in [0.15, 0.2) is 6.61 Å². The third-order valence-electron chi connectivity index (χ3n) is 4.86. The first-order chi connectivity index (χ1) is 13.0. The van der Waals surface area contributed by atoms with Crippen LogP contribution in [0.15, 0.2) is 36.5 Å². The lowest BCUT2D eigenvalue weighted by atomic mass is 10.2. The van der Waals surface area contributed by atoms with Gasteiger partial charge >= 0.3 is 0 Å². The minimum Gasteiger partial charge on any atom is -0.482 e. The van der Waals surface area contributed by atoms with Gasteiger partial charge in [-0.2, -0.15) is 0 Å². The van der Waals surface area contributed by atoms with Crippen molar-refractivity contribution in [2.75, 3.05) is 23.9 Å². The van der Waals surface area contributed by atoms with Crippen molar-refractivity contribution in [1.29, 1.82) is 0 Å². The number of pyridine rings is 1. The van der Waals surface area contributed by atoms with Crippen LogP contribution in [0.25, 0.3) is 5.65 Å². The quantitative estimate of drug-likeness (QED) is 0.775. The molecule has 2 amide bonds. The summed E-state index contributed by atoms with van der Waals surface area (Å²) in [6, 6.07) is 8.85. The number of aromatic nitrogens is 2. The second kappa shape index (κ2) is 6.42. The Morgan fingerprint density at radius 2 is 2.11 bits per heavy atom. The zero-order valence-corrected chi connectivity index (χ0v) is 15.4. The van der Waals surface area contributed by atoms with Gasteiger partial charge in [-0.05, 0) is 43.7 Å². The number of imidazole rings is 1. The molecule has 138 valence electrons. The largest absolute Gasteiger partial charge is 0.482 e. The molecule has 0 unspecified atom stereocenters. The van der Waals surface area contributed by atoms with Crippen molar-refractivity contribution in [3.05, 3.63) is 53.5 Å². The summed E-state index contributed by atoms with van der Waals surface area (Å²) in [6.45, 7) is 4.08. The average Bonchev–Trinajstić information content (AvgIpc) is 3.00. The highest BCUT2D eigenvalue weighted by molar-refractivity contribution is 6.05. The zero-order chi connectivity index (χ0) is 19.1. The van der Waals surface area contributed by atoms with Crippen molar-refractivity contribution in [3.63, 3.8) is 0 Å². The van der Waals surface area contributed by atoms with Gasteiger partial charge in [0.1, 0.15) is 11.4 Å². The minimum absolute atomic E-state index is 0.0270. The van der Waals surface area contributed by atoms with Gasteiger partial charge in [0.05, 0.1) is 16.9 Å². The molecule has 3 aromatic rings. The fourth-order valence-corrected chi connectivity index (χ4v) is 3.23. The highest BCUT2D eigenvalue weighted by Gasteiger charge is 2.22. The standard InChI is InChI=1S/C20H20N4O3/c1-4-15-12(2)24-10-13(5-8-18(24)22-15)20(26)21-14-6-7-17-16(9-14)23(3)19(25)11-27-17/h5-10H,4,11H2,1-3H3,(H,21,26). The van der Waals surface area contributed by atoms with Gasteiger partial charge in [-0.15, -0.1) is 0 Å². The summed E-state index contributed by atoms with van der Waals surface area (Å²) in [5, 5.41) is 2.88. The molecular weight excluding hydrogens is 344 g/mol. The Kier molecular flexibility index (Phi) is 4.07. The number of ether oxygens (including phenoxy) is 1. The number of carbonyl (C=O) groups is 2. The van der Waals surface area contributed by atoms with Crippen LogP contribution in [-0.2, 0) is 11.2 Å². The molecule has 0 spiro atoms. The maximum atomic E-state index is 12.7. The fourth-order valence-electron chi connectivity index (χ4n) is 3.23. The van der Waals surface area contributed by atoms with E-state index in [1.165, 1.54) is 4.90 Å². The number of fused-ring (bicyclic) bond motifs is 2. The Hall–Kier alpha value is -3.35. The van der Waals surface area contributed by atoms with E-state index >= 15 is 0 Å². The maximum absolute atomic E-state index is 12.7. The molecule has 0 radical (unpaired) electrons. The van der Waals surface area contributed by atoms with Crippen LogP contribution in [0.1, 0.15) is 28.7 Å². The number of hydrogen-bond acceptors (Lipinski definition) is 4. The molecule has 7 nitrogen and oxygen atoms in total. The number of aryl methyl sites for hydroxylation is 2. The van der Waals surface area contributed by atoms with Crippen LogP contribution >= 0.6 is 0 Å². The molecule has 0 saturated heterocycles. The Morgan fingerprint density at radius 3 is 2.89 bits per heavy atom. The summed E-state index contributed by atoms with van der Waals surface area (Å²) in [5.74, 6) is 0.269. The SMILES string of the molecule is CCc1nc2ccc(C(=O)Nc3ccc4c(c3)N(C)C(=O)CO4)cn2c1C. The number of rotatable bonds is 3. The first kappa shape index (κ1) is 17.1. The van der Waals surface area contributed by atoms with Gasteiger partial charge in [-0.3, -0.25) is 9.59 Å². The van der Waals surface area contributed by atoms with Crippen molar-refractivity contribution in [3.8, 4) is 5.75 Å². The highest BCUT2D eigenvalue weighted by Crippen LogP contribution is 2.33. The molecule has 0 atom stereocenters. The van der Waals surface area contributed by atoms with Crippen molar-refractivity contribution >= 4 is 28.8 Å². The van der Waals surface area contributed by atoms with Gasteiger partial charge in [0.2, 0.25) is 0 Å². The molecule has 0 bridgehead atoms. The third-order valence-corrected chi connectivity index (χ3v) is 4.86.